The second-order valence-corrected chi connectivity index (χ2v) is 6.07. The summed E-state index contributed by atoms with van der Waals surface area (Å²) in [6.45, 7) is 6.07. The van der Waals surface area contributed by atoms with Crippen molar-refractivity contribution in [2.45, 2.75) is 26.3 Å². The number of piperidine rings is 1. The number of urea groups is 1. The number of amides is 3. The Morgan fingerprint density at radius 2 is 1.76 bits per heavy atom. The van der Waals surface area contributed by atoms with Gasteiger partial charge in [0.15, 0.2) is 0 Å². The lowest BCUT2D eigenvalue weighted by Crippen LogP contribution is -2.49. The third kappa shape index (κ3) is 4.04. The van der Waals surface area contributed by atoms with Gasteiger partial charge in [-0.15, -0.1) is 0 Å². The molecule has 21 heavy (non-hydrogen) atoms. The van der Waals surface area contributed by atoms with E-state index in [0.717, 1.165) is 25.1 Å². The summed E-state index contributed by atoms with van der Waals surface area (Å²) < 4.78 is 0. The lowest BCUT2D eigenvalue weighted by molar-refractivity contribution is -0.126. The predicted molar refractivity (Wildman–Crippen MR) is 81.4 cm³/mol. The van der Waals surface area contributed by atoms with Crippen molar-refractivity contribution in [1.29, 1.82) is 0 Å². The largest absolute Gasteiger partial charge is 0.351 e. The molecule has 1 saturated heterocycles. The van der Waals surface area contributed by atoms with E-state index in [2.05, 4.69) is 24.1 Å². The summed E-state index contributed by atoms with van der Waals surface area (Å²) in [5.41, 5.74) is 5.99. The Morgan fingerprint density at radius 1 is 1.19 bits per heavy atom. The van der Waals surface area contributed by atoms with E-state index < -0.39 is 12.1 Å². The highest BCUT2D eigenvalue weighted by molar-refractivity contribution is 5.96. The molecule has 1 aromatic carbocycles. The molecular formula is C16H23N3O2. The number of likely N-dealkylation sites (tertiary alicyclic amines) is 1. The summed E-state index contributed by atoms with van der Waals surface area (Å²) in [7, 11) is 0. The number of carbonyl (C=O) groups excluding carboxylic acids is 2. The molecule has 3 N–H and O–H groups in total. The van der Waals surface area contributed by atoms with Gasteiger partial charge in [0.1, 0.15) is 6.04 Å². The van der Waals surface area contributed by atoms with Crippen molar-refractivity contribution in [2.24, 2.45) is 17.6 Å². The Kier molecular flexibility index (Phi) is 4.96. The van der Waals surface area contributed by atoms with Gasteiger partial charge >= 0.3 is 6.03 Å². The highest BCUT2D eigenvalue weighted by atomic mass is 16.2. The van der Waals surface area contributed by atoms with Crippen LogP contribution in [0.1, 0.15) is 31.9 Å². The van der Waals surface area contributed by atoms with Crippen LogP contribution in [0.5, 0.6) is 0 Å². The molecule has 3 amide bonds. The minimum Gasteiger partial charge on any atom is -0.351 e. The van der Waals surface area contributed by atoms with Gasteiger partial charge in [-0.3, -0.25) is 15.0 Å². The number of nitrogens with two attached hydrogens (primary N) is 1. The third-order valence-corrected chi connectivity index (χ3v) is 3.87. The molecule has 1 aliphatic heterocycles. The molecule has 0 aliphatic carbocycles. The highest BCUT2D eigenvalue weighted by Crippen LogP contribution is 2.29. The van der Waals surface area contributed by atoms with Gasteiger partial charge in [0, 0.05) is 13.1 Å². The Bertz CT molecular complexity index is 494. The van der Waals surface area contributed by atoms with E-state index in [4.69, 9.17) is 5.73 Å². The van der Waals surface area contributed by atoms with Crippen molar-refractivity contribution < 1.29 is 9.59 Å². The van der Waals surface area contributed by atoms with Gasteiger partial charge in [-0.25, -0.2) is 4.79 Å². The number of primary amides is 1. The van der Waals surface area contributed by atoms with Crippen LogP contribution < -0.4 is 11.1 Å². The maximum atomic E-state index is 12.4. The van der Waals surface area contributed by atoms with Crippen LogP contribution in [0.3, 0.4) is 0 Å². The van der Waals surface area contributed by atoms with E-state index in [9.17, 15) is 9.59 Å². The normalized spacial score (nSPS) is 24.3. The summed E-state index contributed by atoms with van der Waals surface area (Å²) in [6, 6.07) is 8.26. The Labute approximate surface area is 125 Å². The molecule has 0 radical (unpaired) electrons. The van der Waals surface area contributed by atoms with Gasteiger partial charge < -0.3 is 5.73 Å². The lowest BCUT2D eigenvalue weighted by atomic mass is 9.89. The molecule has 1 heterocycles. The van der Waals surface area contributed by atoms with E-state index >= 15 is 0 Å². The van der Waals surface area contributed by atoms with Crippen molar-refractivity contribution in [3.8, 4) is 0 Å². The molecule has 0 saturated carbocycles. The second-order valence-electron chi connectivity index (χ2n) is 6.07. The van der Waals surface area contributed by atoms with Crippen molar-refractivity contribution in [3.63, 3.8) is 0 Å². The van der Waals surface area contributed by atoms with E-state index in [1.54, 1.807) is 0 Å². The summed E-state index contributed by atoms with van der Waals surface area (Å²) in [6.07, 6.45) is 1.16. The Balaban J connectivity index is 2.27. The maximum Gasteiger partial charge on any atom is 0.318 e. The lowest BCUT2D eigenvalue weighted by Gasteiger charge is -2.39. The number of rotatable bonds is 3. The van der Waals surface area contributed by atoms with Crippen LogP contribution >= 0.6 is 0 Å². The monoisotopic (exact) mass is 289 g/mol. The molecule has 114 valence electrons. The van der Waals surface area contributed by atoms with E-state index in [-0.39, 0.29) is 5.91 Å². The number of nitrogens with zero attached hydrogens (tertiary/aromatic N) is 1. The highest BCUT2D eigenvalue weighted by Gasteiger charge is 2.33. The predicted octanol–water partition coefficient (Wildman–Crippen LogP) is 1.90. The van der Waals surface area contributed by atoms with E-state index in [1.807, 2.05) is 30.3 Å². The number of carbonyl (C=O) groups is 2. The standard InChI is InChI=1S/C16H23N3O2/c1-11-8-12(2)10-19(9-11)14(15(20)18-16(17)21)13-6-4-3-5-7-13/h3-7,11-12,14H,8-10H2,1-2H3,(H3,17,18,20,21)/t11-,12-,14-/m1/s1. The van der Waals surface area contributed by atoms with Crippen molar-refractivity contribution in [3.05, 3.63) is 35.9 Å². The molecular weight excluding hydrogens is 266 g/mol. The zero-order valence-electron chi connectivity index (χ0n) is 12.6. The summed E-state index contributed by atoms with van der Waals surface area (Å²) in [4.78, 5) is 25.6. The zero-order chi connectivity index (χ0) is 15.4. The van der Waals surface area contributed by atoms with Crippen molar-refractivity contribution in [2.75, 3.05) is 13.1 Å². The topological polar surface area (TPSA) is 75.4 Å². The molecule has 0 spiro atoms. The van der Waals surface area contributed by atoms with Gasteiger partial charge in [-0.05, 0) is 23.8 Å². The maximum absolute atomic E-state index is 12.4. The van der Waals surface area contributed by atoms with Crippen LogP contribution in [0.2, 0.25) is 0 Å². The Morgan fingerprint density at radius 3 is 2.29 bits per heavy atom. The average Bonchev–Trinajstić information content (AvgIpc) is 2.38. The van der Waals surface area contributed by atoms with Crippen LogP contribution in [0.4, 0.5) is 4.79 Å². The van der Waals surface area contributed by atoms with Crippen LogP contribution in [0, 0.1) is 11.8 Å². The molecule has 0 aromatic heterocycles. The van der Waals surface area contributed by atoms with E-state index in [0.29, 0.717) is 11.8 Å². The fraction of sp³-hybridized carbons (Fsp3) is 0.500. The van der Waals surface area contributed by atoms with Crippen molar-refractivity contribution in [1.82, 2.24) is 10.2 Å². The summed E-state index contributed by atoms with van der Waals surface area (Å²) in [5.74, 6) is 0.706. The number of nitrogens with one attached hydrogen (secondary N) is 1. The van der Waals surface area contributed by atoms with Gasteiger partial charge in [0.2, 0.25) is 5.91 Å². The number of hydrogen-bond donors (Lipinski definition) is 2. The summed E-state index contributed by atoms with van der Waals surface area (Å²) in [5, 5.41) is 2.23. The SMILES string of the molecule is C[C@@H]1C[C@@H](C)CN([C@@H](C(=O)NC(N)=O)c2ccccc2)C1. The number of imide groups is 1. The van der Waals surface area contributed by atoms with Crippen LogP contribution in [0.25, 0.3) is 0 Å². The molecule has 1 aliphatic rings. The fourth-order valence-corrected chi connectivity index (χ4v) is 3.28. The van der Waals surface area contributed by atoms with Gasteiger partial charge in [0.25, 0.3) is 0 Å². The minimum atomic E-state index is -0.806. The first-order valence-electron chi connectivity index (χ1n) is 7.36. The van der Waals surface area contributed by atoms with E-state index in [1.165, 1.54) is 0 Å². The molecule has 1 fully saturated rings. The van der Waals surface area contributed by atoms with Gasteiger partial charge in [0.05, 0.1) is 0 Å². The van der Waals surface area contributed by atoms with Crippen LogP contribution in [-0.2, 0) is 4.79 Å². The number of benzene rings is 1. The zero-order valence-corrected chi connectivity index (χ0v) is 12.6. The molecule has 0 bridgehead atoms. The molecule has 3 atom stereocenters. The molecule has 5 heteroatoms. The Hall–Kier alpha value is -1.88. The van der Waals surface area contributed by atoms with Crippen LogP contribution in [0.15, 0.2) is 30.3 Å². The smallest absolute Gasteiger partial charge is 0.318 e. The first-order chi connectivity index (χ1) is 9.97. The molecule has 2 rings (SSSR count). The molecule has 0 unspecified atom stereocenters. The van der Waals surface area contributed by atoms with Crippen molar-refractivity contribution >= 4 is 11.9 Å². The second kappa shape index (κ2) is 6.72. The van der Waals surface area contributed by atoms with Gasteiger partial charge in [-0.2, -0.15) is 0 Å². The number of hydrogen-bond acceptors (Lipinski definition) is 3. The third-order valence-electron chi connectivity index (χ3n) is 3.87. The molecule has 5 nitrogen and oxygen atoms in total. The van der Waals surface area contributed by atoms with Gasteiger partial charge in [-0.1, -0.05) is 44.2 Å². The summed E-state index contributed by atoms with van der Waals surface area (Å²) >= 11 is 0. The minimum absolute atomic E-state index is 0.352. The first kappa shape index (κ1) is 15.5. The fourth-order valence-electron chi connectivity index (χ4n) is 3.28. The quantitative estimate of drug-likeness (QED) is 0.892. The first-order valence-corrected chi connectivity index (χ1v) is 7.36. The average molecular weight is 289 g/mol. The molecule has 1 aromatic rings. The van der Waals surface area contributed by atoms with Crippen LogP contribution in [-0.4, -0.2) is 29.9 Å².